The number of anilines is 1. The molecule has 0 atom stereocenters. The second-order valence-electron chi connectivity index (χ2n) is 4.29. The number of halogens is 1. The van der Waals surface area contributed by atoms with Crippen molar-refractivity contribution in [3.8, 4) is 0 Å². The summed E-state index contributed by atoms with van der Waals surface area (Å²) in [6, 6.07) is 8.12. The van der Waals surface area contributed by atoms with Gasteiger partial charge in [-0.15, -0.1) is 12.4 Å². The van der Waals surface area contributed by atoms with Crippen LogP contribution in [0.2, 0.25) is 0 Å². The number of nitrogens with one attached hydrogen (secondary N) is 2. The van der Waals surface area contributed by atoms with Crippen molar-refractivity contribution < 1.29 is 4.79 Å². The molecule has 0 unspecified atom stereocenters. The Kier molecular flexibility index (Phi) is 5.45. The lowest BCUT2D eigenvalue weighted by molar-refractivity contribution is -0.114. The third kappa shape index (κ3) is 3.72. The van der Waals surface area contributed by atoms with E-state index in [-0.39, 0.29) is 18.3 Å². The Balaban J connectivity index is 0.00000144. The molecule has 94 valence electrons. The first-order chi connectivity index (χ1) is 7.77. The van der Waals surface area contributed by atoms with E-state index in [0.29, 0.717) is 5.92 Å². The van der Waals surface area contributed by atoms with Gasteiger partial charge < -0.3 is 10.6 Å². The number of piperidine rings is 1. The quantitative estimate of drug-likeness (QED) is 0.852. The third-order valence-corrected chi connectivity index (χ3v) is 3.05. The molecule has 17 heavy (non-hydrogen) atoms. The van der Waals surface area contributed by atoms with Crippen molar-refractivity contribution >= 4 is 24.0 Å². The van der Waals surface area contributed by atoms with Gasteiger partial charge in [0.05, 0.1) is 0 Å². The van der Waals surface area contributed by atoms with Crippen LogP contribution in [-0.4, -0.2) is 19.0 Å². The molecule has 0 spiro atoms. The Morgan fingerprint density at radius 2 is 1.94 bits per heavy atom. The molecule has 3 nitrogen and oxygen atoms in total. The molecule has 1 aromatic carbocycles. The topological polar surface area (TPSA) is 41.1 Å². The summed E-state index contributed by atoms with van der Waals surface area (Å²) in [7, 11) is 0. The zero-order valence-electron chi connectivity index (χ0n) is 10.0. The minimum absolute atomic E-state index is 0. The fraction of sp³-hybridized carbons (Fsp3) is 0.462. The standard InChI is InChI=1S/C13H18N2O.ClH/c1-10(16)15-13-5-3-2-4-12(13)11-6-8-14-9-7-11;/h2-5,11,14H,6-9H2,1H3,(H,15,16);1H. The molecule has 1 fully saturated rings. The van der Waals surface area contributed by atoms with E-state index in [1.807, 2.05) is 18.2 Å². The molecule has 0 aromatic heterocycles. The highest BCUT2D eigenvalue weighted by Gasteiger charge is 2.17. The Bertz CT molecular complexity index is 375. The Morgan fingerprint density at radius 1 is 1.29 bits per heavy atom. The van der Waals surface area contributed by atoms with Crippen LogP contribution in [0.1, 0.15) is 31.2 Å². The van der Waals surface area contributed by atoms with Gasteiger partial charge in [-0.25, -0.2) is 0 Å². The highest BCUT2D eigenvalue weighted by Crippen LogP contribution is 2.30. The first-order valence-corrected chi connectivity index (χ1v) is 5.84. The van der Waals surface area contributed by atoms with Gasteiger partial charge in [0.15, 0.2) is 0 Å². The molecule has 2 N–H and O–H groups in total. The highest BCUT2D eigenvalue weighted by atomic mass is 35.5. The summed E-state index contributed by atoms with van der Waals surface area (Å²) < 4.78 is 0. The van der Waals surface area contributed by atoms with Crippen molar-refractivity contribution in [3.63, 3.8) is 0 Å². The summed E-state index contributed by atoms with van der Waals surface area (Å²) in [6.07, 6.45) is 2.30. The number of rotatable bonds is 2. The number of amides is 1. The van der Waals surface area contributed by atoms with E-state index in [4.69, 9.17) is 0 Å². The van der Waals surface area contributed by atoms with Gasteiger partial charge in [0.25, 0.3) is 0 Å². The van der Waals surface area contributed by atoms with Gasteiger partial charge in [0.1, 0.15) is 0 Å². The van der Waals surface area contributed by atoms with Gasteiger partial charge in [-0.3, -0.25) is 4.79 Å². The van der Waals surface area contributed by atoms with Crippen LogP contribution in [0, 0.1) is 0 Å². The fourth-order valence-corrected chi connectivity index (χ4v) is 2.29. The number of carbonyl (C=O) groups excluding carboxylic acids is 1. The van der Waals surface area contributed by atoms with Gasteiger partial charge in [-0.2, -0.15) is 0 Å². The molecule has 0 aliphatic carbocycles. The highest BCUT2D eigenvalue weighted by molar-refractivity contribution is 5.89. The van der Waals surface area contributed by atoms with Crippen LogP contribution >= 0.6 is 12.4 Å². The number of benzene rings is 1. The van der Waals surface area contributed by atoms with E-state index in [1.165, 1.54) is 5.56 Å². The summed E-state index contributed by atoms with van der Waals surface area (Å²) in [5, 5.41) is 6.27. The molecule has 2 rings (SSSR count). The van der Waals surface area contributed by atoms with Crippen molar-refractivity contribution in [3.05, 3.63) is 29.8 Å². The maximum atomic E-state index is 11.1. The normalized spacial score (nSPS) is 16.1. The number of carbonyl (C=O) groups is 1. The van der Waals surface area contributed by atoms with Crippen molar-refractivity contribution in [1.82, 2.24) is 5.32 Å². The summed E-state index contributed by atoms with van der Waals surface area (Å²) >= 11 is 0. The van der Waals surface area contributed by atoms with E-state index >= 15 is 0 Å². The summed E-state index contributed by atoms with van der Waals surface area (Å²) in [5.74, 6) is 0.575. The number of hydrogen-bond acceptors (Lipinski definition) is 2. The van der Waals surface area contributed by atoms with Crippen LogP contribution in [0.15, 0.2) is 24.3 Å². The minimum atomic E-state index is 0. The molecule has 1 aliphatic heterocycles. The molecule has 0 radical (unpaired) electrons. The second kappa shape index (κ2) is 6.62. The summed E-state index contributed by atoms with van der Waals surface area (Å²) in [6.45, 7) is 3.69. The Labute approximate surface area is 108 Å². The molecular weight excluding hydrogens is 236 g/mol. The Morgan fingerprint density at radius 3 is 2.59 bits per heavy atom. The molecule has 1 amide bonds. The Hall–Kier alpha value is -1.06. The molecule has 0 bridgehead atoms. The molecule has 4 heteroatoms. The maximum absolute atomic E-state index is 11.1. The van der Waals surface area contributed by atoms with E-state index in [1.54, 1.807) is 6.92 Å². The summed E-state index contributed by atoms with van der Waals surface area (Å²) in [5.41, 5.74) is 2.25. The zero-order valence-corrected chi connectivity index (χ0v) is 10.8. The molecule has 1 saturated heterocycles. The maximum Gasteiger partial charge on any atom is 0.221 e. The monoisotopic (exact) mass is 254 g/mol. The molecule has 1 heterocycles. The van der Waals surface area contributed by atoms with E-state index < -0.39 is 0 Å². The van der Waals surface area contributed by atoms with Crippen molar-refractivity contribution in [2.24, 2.45) is 0 Å². The van der Waals surface area contributed by atoms with Gasteiger partial charge in [-0.05, 0) is 43.5 Å². The van der Waals surface area contributed by atoms with E-state index in [2.05, 4.69) is 16.7 Å². The van der Waals surface area contributed by atoms with Gasteiger partial charge in [0.2, 0.25) is 5.91 Å². The second-order valence-corrected chi connectivity index (χ2v) is 4.29. The average molecular weight is 255 g/mol. The van der Waals surface area contributed by atoms with Crippen LogP contribution in [0.25, 0.3) is 0 Å². The number of hydrogen-bond donors (Lipinski definition) is 2. The van der Waals surface area contributed by atoms with Crippen molar-refractivity contribution in [2.45, 2.75) is 25.7 Å². The molecule has 1 aliphatic rings. The van der Waals surface area contributed by atoms with E-state index in [0.717, 1.165) is 31.6 Å². The zero-order chi connectivity index (χ0) is 11.4. The SMILES string of the molecule is CC(=O)Nc1ccccc1C1CCNCC1.Cl. The molecule has 0 saturated carbocycles. The van der Waals surface area contributed by atoms with Crippen LogP contribution in [-0.2, 0) is 4.79 Å². The smallest absolute Gasteiger partial charge is 0.221 e. The largest absolute Gasteiger partial charge is 0.326 e. The first kappa shape index (κ1) is 14.0. The molecular formula is C13H19ClN2O. The number of para-hydroxylation sites is 1. The van der Waals surface area contributed by atoms with E-state index in [9.17, 15) is 4.79 Å². The predicted octanol–water partition coefficient (Wildman–Crippen LogP) is 2.53. The van der Waals surface area contributed by atoms with Gasteiger partial charge in [0, 0.05) is 12.6 Å². The predicted molar refractivity (Wildman–Crippen MR) is 72.8 cm³/mol. The minimum Gasteiger partial charge on any atom is -0.326 e. The fourth-order valence-electron chi connectivity index (χ4n) is 2.29. The average Bonchev–Trinajstić information content (AvgIpc) is 2.30. The lowest BCUT2D eigenvalue weighted by Gasteiger charge is -2.25. The van der Waals surface area contributed by atoms with Crippen molar-refractivity contribution in [1.29, 1.82) is 0 Å². The first-order valence-electron chi connectivity index (χ1n) is 5.84. The van der Waals surface area contributed by atoms with Crippen LogP contribution in [0.3, 0.4) is 0 Å². The third-order valence-electron chi connectivity index (χ3n) is 3.05. The molecule has 1 aromatic rings. The summed E-state index contributed by atoms with van der Waals surface area (Å²) in [4.78, 5) is 11.1. The lowest BCUT2D eigenvalue weighted by atomic mass is 9.89. The van der Waals surface area contributed by atoms with Crippen LogP contribution < -0.4 is 10.6 Å². The van der Waals surface area contributed by atoms with Crippen LogP contribution in [0.4, 0.5) is 5.69 Å². The van der Waals surface area contributed by atoms with Crippen molar-refractivity contribution in [2.75, 3.05) is 18.4 Å². The van der Waals surface area contributed by atoms with Gasteiger partial charge in [-0.1, -0.05) is 18.2 Å². The van der Waals surface area contributed by atoms with Crippen LogP contribution in [0.5, 0.6) is 0 Å². The van der Waals surface area contributed by atoms with Gasteiger partial charge >= 0.3 is 0 Å². The lowest BCUT2D eigenvalue weighted by Crippen LogP contribution is -2.27.